The lowest BCUT2D eigenvalue weighted by atomic mass is 9.73. The summed E-state index contributed by atoms with van der Waals surface area (Å²) in [5.41, 5.74) is 0. The lowest BCUT2D eigenvalue weighted by molar-refractivity contribution is -0.00339. The van der Waals surface area contributed by atoms with Gasteiger partial charge in [0.15, 0.2) is 0 Å². The van der Waals surface area contributed by atoms with Crippen molar-refractivity contribution >= 4 is 0 Å². The van der Waals surface area contributed by atoms with Gasteiger partial charge in [-0.3, -0.25) is 0 Å². The molecule has 19 heavy (non-hydrogen) atoms. The first-order valence-electron chi connectivity index (χ1n) is 8.52. The van der Waals surface area contributed by atoms with Crippen LogP contribution in [-0.4, -0.2) is 35.7 Å². The second-order valence-corrected chi connectivity index (χ2v) is 7.89. The third kappa shape index (κ3) is 3.95. The molecular weight excluding hydrogens is 234 g/mol. The number of rotatable bonds is 6. The highest BCUT2D eigenvalue weighted by Gasteiger charge is 2.36. The monoisotopic (exact) mass is 265 g/mol. The second-order valence-electron chi connectivity index (χ2n) is 7.89. The fourth-order valence-corrected chi connectivity index (χ4v) is 4.03. The molecule has 0 aromatic carbocycles. The summed E-state index contributed by atoms with van der Waals surface area (Å²) in [7, 11) is 0. The molecule has 0 spiro atoms. The third-order valence-electron chi connectivity index (χ3n) is 5.54. The first-order chi connectivity index (χ1) is 9.11. The van der Waals surface area contributed by atoms with E-state index in [1.54, 1.807) is 0 Å². The van der Waals surface area contributed by atoms with Crippen LogP contribution in [0, 0.1) is 29.6 Å². The lowest BCUT2D eigenvalue weighted by Crippen LogP contribution is -2.43. The van der Waals surface area contributed by atoms with Crippen LogP contribution in [0.25, 0.3) is 0 Å². The Morgan fingerprint density at radius 2 is 1.47 bits per heavy atom. The van der Waals surface area contributed by atoms with E-state index in [9.17, 15) is 5.11 Å². The van der Waals surface area contributed by atoms with Gasteiger partial charge in [-0.25, -0.2) is 0 Å². The summed E-state index contributed by atoms with van der Waals surface area (Å²) in [6, 6.07) is 0. The Bertz CT molecular complexity index is 272. The van der Waals surface area contributed by atoms with E-state index < -0.39 is 0 Å². The summed E-state index contributed by atoms with van der Waals surface area (Å²) in [4.78, 5) is 2.70. The van der Waals surface area contributed by atoms with E-state index >= 15 is 0 Å². The molecule has 0 amide bonds. The van der Waals surface area contributed by atoms with Crippen molar-refractivity contribution < 1.29 is 5.11 Å². The Morgan fingerprint density at radius 3 is 1.95 bits per heavy atom. The van der Waals surface area contributed by atoms with Gasteiger partial charge in [-0.2, -0.15) is 0 Å². The van der Waals surface area contributed by atoms with E-state index in [0.29, 0.717) is 17.8 Å². The number of aliphatic hydroxyl groups is 1. The van der Waals surface area contributed by atoms with Crippen LogP contribution in [0.5, 0.6) is 0 Å². The summed E-state index contributed by atoms with van der Waals surface area (Å²) >= 11 is 0. The van der Waals surface area contributed by atoms with Crippen molar-refractivity contribution in [1.29, 1.82) is 0 Å². The molecule has 3 saturated carbocycles. The van der Waals surface area contributed by atoms with E-state index in [0.717, 1.165) is 24.8 Å². The van der Waals surface area contributed by atoms with Crippen LogP contribution in [0.15, 0.2) is 0 Å². The van der Waals surface area contributed by atoms with Crippen molar-refractivity contribution in [1.82, 2.24) is 4.90 Å². The maximum absolute atomic E-state index is 10.4. The minimum absolute atomic E-state index is 0.0559. The van der Waals surface area contributed by atoms with Crippen LogP contribution in [0.1, 0.15) is 52.4 Å². The summed E-state index contributed by atoms with van der Waals surface area (Å²) < 4.78 is 0. The molecule has 0 heterocycles. The van der Waals surface area contributed by atoms with Crippen LogP contribution < -0.4 is 0 Å². The predicted molar refractivity (Wildman–Crippen MR) is 78.9 cm³/mol. The SMILES string of the molecule is CC1CC(C)C(CN(CC2CC2)CC2CC2)C(O)C1. The molecule has 0 aromatic heterocycles. The molecule has 0 aromatic rings. The Hall–Kier alpha value is -0.0800. The van der Waals surface area contributed by atoms with Crippen LogP contribution in [0.4, 0.5) is 0 Å². The van der Waals surface area contributed by atoms with Crippen molar-refractivity contribution in [2.24, 2.45) is 29.6 Å². The number of aliphatic hydroxyl groups excluding tert-OH is 1. The molecule has 4 atom stereocenters. The van der Waals surface area contributed by atoms with Gasteiger partial charge in [0.1, 0.15) is 0 Å². The Balaban J connectivity index is 1.55. The molecule has 4 unspecified atom stereocenters. The van der Waals surface area contributed by atoms with Gasteiger partial charge in [-0.05, 0) is 62.2 Å². The number of hydrogen-bond acceptors (Lipinski definition) is 2. The van der Waals surface area contributed by atoms with Crippen molar-refractivity contribution in [2.45, 2.75) is 58.5 Å². The highest BCUT2D eigenvalue weighted by Crippen LogP contribution is 2.37. The molecule has 3 aliphatic rings. The van der Waals surface area contributed by atoms with Gasteiger partial charge in [0.2, 0.25) is 0 Å². The zero-order chi connectivity index (χ0) is 13.4. The quantitative estimate of drug-likeness (QED) is 0.797. The average molecular weight is 265 g/mol. The summed E-state index contributed by atoms with van der Waals surface area (Å²) in [5, 5.41) is 10.4. The van der Waals surface area contributed by atoms with Crippen molar-refractivity contribution in [2.75, 3.05) is 19.6 Å². The summed E-state index contributed by atoms with van der Waals surface area (Å²) in [6.45, 7) is 8.42. The highest BCUT2D eigenvalue weighted by atomic mass is 16.3. The van der Waals surface area contributed by atoms with Crippen LogP contribution in [0.3, 0.4) is 0 Å². The topological polar surface area (TPSA) is 23.5 Å². The van der Waals surface area contributed by atoms with Crippen molar-refractivity contribution in [3.63, 3.8) is 0 Å². The maximum Gasteiger partial charge on any atom is 0.0585 e. The molecule has 2 nitrogen and oxygen atoms in total. The number of nitrogens with zero attached hydrogens (tertiary/aromatic N) is 1. The summed E-state index contributed by atoms with van der Waals surface area (Å²) in [5.74, 6) is 3.89. The second kappa shape index (κ2) is 5.73. The van der Waals surface area contributed by atoms with Gasteiger partial charge in [0.05, 0.1) is 6.10 Å². The zero-order valence-corrected chi connectivity index (χ0v) is 12.7. The van der Waals surface area contributed by atoms with E-state index in [1.807, 2.05) is 0 Å². The molecule has 0 aliphatic heterocycles. The Labute approximate surface area is 118 Å². The smallest absolute Gasteiger partial charge is 0.0585 e. The molecule has 0 saturated heterocycles. The summed E-state index contributed by atoms with van der Waals surface area (Å²) in [6.07, 6.45) is 8.06. The van der Waals surface area contributed by atoms with Crippen molar-refractivity contribution in [3.05, 3.63) is 0 Å². The minimum Gasteiger partial charge on any atom is -0.393 e. The first-order valence-corrected chi connectivity index (χ1v) is 8.52. The third-order valence-corrected chi connectivity index (χ3v) is 5.54. The molecule has 3 fully saturated rings. The van der Waals surface area contributed by atoms with Gasteiger partial charge in [0.25, 0.3) is 0 Å². The van der Waals surface area contributed by atoms with E-state index in [4.69, 9.17) is 0 Å². The maximum atomic E-state index is 10.4. The molecule has 0 radical (unpaired) electrons. The average Bonchev–Trinajstić information content (AvgIpc) is 3.18. The molecule has 0 bridgehead atoms. The van der Waals surface area contributed by atoms with Crippen molar-refractivity contribution in [3.8, 4) is 0 Å². The molecule has 3 aliphatic carbocycles. The van der Waals surface area contributed by atoms with Gasteiger partial charge in [0, 0.05) is 25.6 Å². The van der Waals surface area contributed by atoms with Crippen LogP contribution in [0.2, 0.25) is 0 Å². The molecule has 2 heteroatoms. The molecular formula is C17H31NO. The first kappa shape index (κ1) is 13.9. The van der Waals surface area contributed by atoms with E-state index in [-0.39, 0.29) is 6.10 Å². The molecule has 1 N–H and O–H groups in total. The number of hydrogen-bond donors (Lipinski definition) is 1. The van der Waals surface area contributed by atoms with Gasteiger partial charge in [-0.15, -0.1) is 0 Å². The fraction of sp³-hybridized carbons (Fsp3) is 1.00. The zero-order valence-electron chi connectivity index (χ0n) is 12.7. The van der Waals surface area contributed by atoms with Gasteiger partial charge in [-0.1, -0.05) is 13.8 Å². The predicted octanol–water partition coefficient (Wildman–Crippen LogP) is 3.15. The normalized spacial score (nSPS) is 39.8. The lowest BCUT2D eigenvalue weighted by Gasteiger charge is -2.40. The minimum atomic E-state index is -0.0559. The van der Waals surface area contributed by atoms with Gasteiger partial charge < -0.3 is 10.0 Å². The largest absolute Gasteiger partial charge is 0.393 e. The Kier molecular flexibility index (Phi) is 4.19. The van der Waals surface area contributed by atoms with Crippen LogP contribution >= 0.6 is 0 Å². The standard InChI is InChI=1S/C17H31NO/c1-12-7-13(2)16(17(19)8-12)11-18(9-14-3-4-14)10-15-5-6-15/h12-17,19H,3-11H2,1-2H3. The Morgan fingerprint density at radius 1 is 0.895 bits per heavy atom. The van der Waals surface area contributed by atoms with Gasteiger partial charge >= 0.3 is 0 Å². The van der Waals surface area contributed by atoms with Crippen LogP contribution in [-0.2, 0) is 0 Å². The fourth-order valence-electron chi connectivity index (χ4n) is 4.03. The van der Waals surface area contributed by atoms with E-state index in [2.05, 4.69) is 18.7 Å². The van der Waals surface area contributed by atoms with E-state index in [1.165, 1.54) is 45.2 Å². The molecule has 3 rings (SSSR count). The molecule has 110 valence electrons. The highest BCUT2D eigenvalue weighted by molar-refractivity contribution is 4.88.